The van der Waals surface area contributed by atoms with E-state index in [0.717, 1.165) is 31.4 Å². The average Bonchev–Trinajstić information content (AvgIpc) is 2.45. The van der Waals surface area contributed by atoms with Crippen LogP contribution in [0.3, 0.4) is 0 Å². The molecule has 5 nitrogen and oxygen atoms in total. The van der Waals surface area contributed by atoms with Gasteiger partial charge in [-0.3, -0.25) is 0 Å². The second-order valence-corrected chi connectivity index (χ2v) is 7.56. The van der Waals surface area contributed by atoms with E-state index in [1.807, 2.05) is 31.1 Å². The van der Waals surface area contributed by atoms with Crippen molar-refractivity contribution in [1.29, 1.82) is 0 Å². The van der Waals surface area contributed by atoms with Crippen LogP contribution < -0.4 is 5.73 Å². The van der Waals surface area contributed by atoms with Gasteiger partial charge in [0.2, 0.25) is 10.0 Å². The monoisotopic (exact) mass is 313 g/mol. The lowest BCUT2D eigenvalue weighted by Gasteiger charge is -2.18. The number of nitrogens with two attached hydrogens (primary N) is 1. The van der Waals surface area contributed by atoms with E-state index >= 15 is 0 Å². The Kier molecular flexibility index (Phi) is 7.31. The predicted molar refractivity (Wildman–Crippen MR) is 86.8 cm³/mol. The van der Waals surface area contributed by atoms with Crippen LogP contribution >= 0.6 is 0 Å². The molecule has 120 valence electrons. The van der Waals surface area contributed by atoms with Crippen molar-refractivity contribution in [3.63, 3.8) is 0 Å². The lowest BCUT2D eigenvalue weighted by molar-refractivity contribution is 0.370. The molecule has 0 bridgehead atoms. The largest absolute Gasteiger partial charge is 0.330 e. The second kappa shape index (κ2) is 8.48. The van der Waals surface area contributed by atoms with Gasteiger partial charge in [-0.2, -0.15) is 0 Å². The molecular weight excluding hydrogens is 286 g/mol. The van der Waals surface area contributed by atoms with Crippen LogP contribution in [-0.4, -0.2) is 58.4 Å². The zero-order valence-corrected chi connectivity index (χ0v) is 14.1. The van der Waals surface area contributed by atoms with Crippen molar-refractivity contribution in [2.75, 3.05) is 40.8 Å². The SMILES string of the molecule is CN(C)CCCN(C)S(=O)(=O)c1ccc(CCCN)cc1. The molecule has 0 unspecified atom stereocenters. The molecule has 0 aliphatic rings. The summed E-state index contributed by atoms with van der Waals surface area (Å²) in [5.41, 5.74) is 6.60. The molecule has 1 rings (SSSR count). The molecule has 6 heteroatoms. The molecule has 0 aromatic heterocycles. The lowest BCUT2D eigenvalue weighted by atomic mass is 10.1. The smallest absolute Gasteiger partial charge is 0.242 e. The molecule has 0 amide bonds. The summed E-state index contributed by atoms with van der Waals surface area (Å²) < 4.78 is 26.3. The molecular formula is C15H27N3O2S. The van der Waals surface area contributed by atoms with Gasteiger partial charge in [-0.15, -0.1) is 0 Å². The standard InChI is InChI=1S/C15H27N3O2S/c1-17(2)12-5-13-18(3)21(19,20)15-9-7-14(8-10-15)6-4-11-16/h7-10H,4-6,11-13,16H2,1-3H3. The summed E-state index contributed by atoms with van der Waals surface area (Å²) in [5, 5.41) is 0. The Morgan fingerprint density at radius 2 is 1.62 bits per heavy atom. The van der Waals surface area contributed by atoms with Crippen molar-refractivity contribution in [2.45, 2.75) is 24.2 Å². The maximum absolute atomic E-state index is 12.4. The number of sulfonamides is 1. The summed E-state index contributed by atoms with van der Waals surface area (Å²) in [4.78, 5) is 2.40. The van der Waals surface area contributed by atoms with E-state index in [9.17, 15) is 8.42 Å². The first-order valence-electron chi connectivity index (χ1n) is 7.28. The highest BCUT2D eigenvalue weighted by atomic mass is 32.2. The fourth-order valence-electron chi connectivity index (χ4n) is 2.04. The molecule has 0 spiro atoms. The van der Waals surface area contributed by atoms with E-state index in [0.29, 0.717) is 18.0 Å². The highest BCUT2D eigenvalue weighted by Gasteiger charge is 2.20. The van der Waals surface area contributed by atoms with Crippen LogP contribution in [0.4, 0.5) is 0 Å². The molecule has 0 atom stereocenters. The Bertz CT molecular complexity index is 512. The van der Waals surface area contributed by atoms with Gasteiger partial charge in [0, 0.05) is 13.6 Å². The summed E-state index contributed by atoms with van der Waals surface area (Å²) in [6, 6.07) is 7.11. The van der Waals surface area contributed by atoms with E-state index in [4.69, 9.17) is 5.73 Å². The zero-order valence-electron chi connectivity index (χ0n) is 13.2. The fourth-order valence-corrected chi connectivity index (χ4v) is 3.25. The Morgan fingerprint density at radius 3 is 2.14 bits per heavy atom. The molecule has 0 aliphatic heterocycles. The van der Waals surface area contributed by atoms with Gasteiger partial charge in [0.05, 0.1) is 4.90 Å². The summed E-state index contributed by atoms with van der Waals surface area (Å²) >= 11 is 0. The number of hydrogen-bond acceptors (Lipinski definition) is 4. The quantitative estimate of drug-likeness (QED) is 0.743. The highest BCUT2D eigenvalue weighted by Crippen LogP contribution is 2.16. The number of nitrogens with zero attached hydrogens (tertiary/aromatic N) is 2. The first-order valence-corrected chi connectivity index (χ1v) is 8.72. The first kappa shape index (κ1) is 18.1. The molecule has 21 heavy (non-hydrogen) atoms. The van der Waals surface area contributed by atoms with Crippen LogP contribution in [-0.2, 0) is 16.4 Å². The van der Waals surface area contributed by atoms with Gasteiger partial charge < -0.3 is 10.6 Å². The number of benzene rings is 1. The van der Waals surface area contributed by atoms with Crippen LogP contribution in [0.25, 0.3) is 0 Å². The summed E-state index contributed by atoms with van der Waals surface area (Å²) in [5.74, 6) is 0. The average molecular weight is 313 g/mol. The van der Waals surface area contributed by atoms with Crippen LogP contribution in [0.1, 0.15) is 18.4 Å². The molecule has 0 saturated carbocycles. The molecule has 0 aliphatic carbocycles. The van der Waals surface area contributed by atoms with Crippen molar-refractivity contribution >= 4 is 10.0 Å². The Labute approximate surface area is 128 Å². The molecule has 0 heterocycles. The second-order valence-electron chi connectivity index (χ2n) is 5.52. The first-order chi connectivity index (χ1) is 9.87. The van der Waals surface area contributed by atoms with E-state index in [-0.39, 0.29) is 0 Å². The lowest BCUT2D eigenvalue weighted by Crippen LogP contribution is -2.29. The normalized spacial score (nSPS) is 12.3. The molecule has 1 aromatic rings. The maximum Gasteiger partial charge on any atom is 0.242 e. The molecule has 1 aromatic carbocycles. The van der Waals surface area contributed by atoms with Crippen molar-refractivity contribution in [2.24, 2.45) is 5.73 Å². The summed E-state index contributed by atoms with van der Waals surface area (Å²) in [6.07, 6.45) is 2.61. The third-order valence-electron chi connectivity index (χ3n) is 3.38. The van der Waals surface area contributed by atoms with Crippen molar-refractivity contribution in [3.05, 3.63) is 29.8 Å². The molecule has 2 N–H and O–H groups in total. The van der Waals surface area contributed by atoms with Gasteiger partial charge in [0.1, 0.15) is 0 Å². The minimum absolute atomic E-state index is 0.353. The molecule has 0 fully saturated rings. The zero-order chi connectivity index (χ0) is 15.9. The van der Waals surface area contributed by atoms with E-state index in [1.165, 1.54) is 4.31 Å². The number of rotatable bonds is 9. The number of aryl methyl sites for hydroxylation is 1. The summed E-state index contributed by atoms with van der Waals surface area (Å²) in [6.45, 7) is 2.04. The van der Waals surface area contributed by atoms with Gasteiger partial charge in [-0.25, -0.2) is 12.7 Å². The minimum atomic E-state index is -3.38. The van der Waals surface area contributed by atoms with Gasteiger partial charge in [0.25, 0.3) is 0 Å². The Hall–Kier alpha value is -0.950. The number of hydrogen-bond donors (Lipinski definition) is 1. The molecule has 0 saturated heterocycles. The van der Waals surface area contributed by atoms with E-state index in [2.05, 4.69) is 0 Å². The van der Waals surface area contributed by atoms with Crippen molar-refractivity contribution < 1.29 is 8.42 Å². The molecule has 0 radical (unpaired) electrons. The van der Waals surface area contributed by atoms with Crippen LogP contribution in [0, 0.1) is 0 Å². The highest BCUT2D eigenvalue weighted by molar-refractivity contribution is 7.89. The Morgan fingerprint density at radius 1 is 1.00 bits per heavy atom. The third kappa shape index (κ3) is 5.74. The van der Waals surface area contributed by atoms with Crippen LogP contribution in [0.15, 0.2) is 29.2 Å². The third-order valence-corrected chi connectivity index (χ3v) is 5.25. The van der Waals surface area contributed by atoms with Crippen molar-refractivity contribution in [1.82, 2.24) is 9.21 Å². The van der Waals surface area contributed by atoms with Gasteiger partial charge in [-0.05, 0) is 64.1 Å². The van der Waals surface area contributed by atoms with Crippen LogP contribution in [0.5, 0.6) is 0 Å². The maximum atomic E-state index is 12.4. The fraction of sp³-hybridized carbons (Fsp3) is 0.600. The van der Waals surface area contributed by atoms with E-state index < -0.39 is 10.0 Å². The minimum Gasteiger partial charge on any atom is -0.330 e. The topological polar surface area (TPSA) is 66.6 Å². The van der Waals surface area contributed by atoms with E-state index in [1.54, 1.807) is 19.2 Å². The Balaban J connectivity index is 2.68. The van der Waals surface area contributed by atoms with Gasteiger partial charge in [0.15, 0.2) is 0 Å². The van der Waals surface area contributed by atoms with Gasteiger partial charge >= 0.3 is 0 Å². The van der Waals surface area contributed by atoms with Gasteiger partial charge in [-0.1, -0.05) is 12.1 Å². The predicted octanol–water partition coefficient (Wildman–Crippen LogP) is 1.15. The summed E-state index contributed by atoms with van der Waals surface area (Å²) in [7, 11) is 2.21. The van der Waals surface area contributed by atoms with Crippen LogP contribution in [0.2, 0.25) is 0 Å². The van der Waals surface area contributed by atoms with Crippen molar-refractivity contribution in [3.8, 4) is 0 Å².